The van der Waals surface area contributed by atoms with Crippen LogP contribution in [0, 0.1) is 19.3 Å². The number of aromatic nitrogens is 2. The fourth-order valence-corrected chi connectivity index (χ4v) is 1.27. The summed E-state index contributed by atoms with van der Waals surface area (Å²) >= 11 is 0. The lowest BCUT2D eigenvalue weighted by atomic mass is 9.92. The maximum atomic E-state index is 11.6. The third kappa shape index (κ3) is 3.38. The van der Waals surface area contributed by atoms with E-state index in [1.165, 1.54) is 0 Å². The van der Waals surface area contributed by atoms with E-state index in [-0.39, 0.29) is 11.4 Å². The number of hydrogen-bond acceptors (Lipinski definition) is 3. The largest absolute Gasteiger partial charge is 0.423 e. The lowest BCUT2D eigenvalue weighted by molar-refractivity contribution is -0.136. The first-order chi connectivity index (χ1) is 6.79. The molecule has 15 heavy (non-hydrogen) atoms. The van der Waals surface area contributed by atoms with Crippen LogP contribution in [-0.2, 0) is 4.79 Å². The molecule has 0 aromatic carbocycles. The molecule has 4 nitrogen and oxygen atoms in total. The molecule has 0 atom stereocenters. The van der Waals surface area contributed by atoms with Crippen molar-refractivity contribution in [1.82, 2.24) is 10.2 Å². The highest BCUT2D eigenvalue weighted by atomic mass is 16.5. The second-order valence-electron chi connectivity index (χ2n) is 4.97. The van der Waals surface area contributed by atoms with Crippen LogP contribution in [0.4, 0.5) is 0 Å². The zero-order valence-electron chi connectivity index (χ0n) is 9.97. The molecule has 0 aliphatic heterocycles. The van der Waals surface area contributed by atoms with Gasteiger partial charge in [-0.25, -0.2) is 0 Å². The summed E-state index contributed by atoms with van der Waals surface area (Å²) in [6, 6.07) is 0. The van der Waals surface area contributed by atoms with Crippen LogP contribution >= 0.6 is 0 Å². The third-order valence-electron chi connectivity index (χ3n) is 1.95. The van der Waals surface area contributed by atoms with Gasteiger partial charge in [0.15, 0.2) is 5.75 Å². The number of nitrogens with zero attached hydrogens (tertiary/aromatic N) is 1. The Labute approximate surface area is 90.0 Å². The van der Waals surface area contributed by atoms with Gasteiger partial charge in [0.05, 0.1) is 12.1 Å². The Hall–Kier alpha value is -1.32. The van der Waals surface area contributed by atoms with Crippen molar-refractivity contribution in [2.45, 2.75) is 41.0 Å². The van der Waals surface area contributed by atoms with E-state index in [9.17, 15) is 4.79 Å². The standard InChI is InChI=1S/C11H18N2O2/c1-7-10(8(2)13-12-7)15-9(14)6-11(3,4)5/h6H2,1-5H3,(H,12,13). The molecule has 0 aliphatic carbocycles. The fraction of sp³-hybridized carbons (Fsp3) is 0.636. The highest BCUT2D eigenvalue weighted by molar-refractivity contribution is 5.73. The van der Waals surface area contributed by atoms with E-state index < -0.39 is 0 Å². The van der Waals surface area contributed by atoms with E-state index in [0.29, 0.717) is 12.2 Å². The molecular weight excluding hydrogens is 192 g/mol. The van der Waals surface area contributed by atoms with Crippen molar-refractivity contribution in [3.63, 3.8) is 0 Å². The van der Waals surface area contributed by atoms with Crippen molar-refractivity contribution in [3.8, 4) is 5.75 Å². The molecule has 1 heterocycles. The van der Waals surface area contributed by atoms with E-state index in [2.05, 4.69) is 10.2 Å². The second kappa shape index (κ2) is 4.04. The molecule has 0 aliphatic rings. The van der Waals surface area contributed by atoms with Crippen LogP contribution in [0.5, 0.6) is 5.75 Å². The minimum atomic E-state index is -0.213. The number of aromatic amines is 1. The van der Waals surface area contributed by atoms with Crippen molar-refractivity contribution >= 4 is 5.97 Å². The van der Waals surface area contributed by atoms with Gasteiger partial charge in [-0.15, -0.1) is 0 Å². The summed E-state index contributed by atoms with van der Waals surface area (Å²) in [5, 5.41) is 6.74. The molecule has 0 bridgehead atoms. The van der Waals surface area contributed by atoms with Gasteiger partial charge in [-0.2, -0.15) is 5.10 Å². The molecular formula is C11H18N2O2. The van der Waals surface area contributed by atoms with Crippen LogP contribution < -0.4 is 4.74 Å². The molecule has 0 radical (unpaired) electrons. The van der Waals surface area contributed by atoms with Crippen molar-refractivity contribution in [3.05, 3.63) is 11.4 Å². The molecule has 0 saturated carbocycles. The van der Waals surface area contributed by atoms with Gasteiger partial charge in [0.1, 0.15) is 5.69 Å². The van der Waals surface area contributed by atoms with Gasteiger partial charge in [-0.05, 0) is 19.3 Å². The van der Waals surface area contributed by atoms with Crippen molar-refractivity contribution in [1.29, 1.82) is 0 Å². The van der Waals surface area contributed by atoms with Gasteiger partial charge in [0.25, 0.3) is 0 Å². The topological polar surface area (TPSA) is 55.0 Å². The molecule has 0 amide bonds. The summed E-state index contributed by atoms with van der Waals surface area (Å²) in [7, 11) is 0. The van der Waals surface area contributed by atoms with Crippen molar-refractivity contribution < 1.29 is 9.53 Å². The smallest absolute Gasteiger partial charge is 0.311 e. The maximum absolute atomic E-state index is 11.6. The first-order valence-electron chi connectivity index (χ1n) is 5.02. The number of esters is 1. The fourth-order valence-electron chi connectivity index (χ4n) is 1.27. The number of hydrogen-bond donors (Lipinski definition) is 1. The Bertz CT molecular complexity index is 342. The van der Waals surface area contributed by atoms with Crippen molar-refractivity contribution in [2.75, 3.05) is 0 Å². The predicted octanol–water partition coefficient (Wildman–Crippen LogP) is 2.37. The average molecular weight is 210 g/mol. The minimum absolute atomic E-state index is 0.0529. The Morgan fingerprint density at radius 1 is 1.40 bits per heavy atom. The normalized spacial score (nSPS) is 11.5. The monoisotopic (exact) mass is 210 g/mol. The molecule has 4 heteroatoms. The van der Waals surface area contributed by atoms with Gasteiger partial charge in [-0.1, -0.05) is 20.8 Å². The summed E-state index contributed by atoms with van der Waals surface area (Å²) < 4.78 is 5.26. The van der Waals surface area contributed by atoms with Gasteiger partial charge in [-0.3, -0.25) is 9.89 Å². The molecule has 1 N–H and O–H groups in total. The molecule has 1 aromatic heterocycles. The molecule has 1 aromatic rings. The van der Waals surface area contributed by atoms with E-state index in [4.69, 9.17) is 4.74 Å². The van der Waals surface area contributed by atoms with Crippen LogP contribution in [0.2, 0.25) is 0 Å². The summed E-state index contributed by atoms with van der Waals surface area (Å²) in [4.78, 5) is 11.6. The average Bonchev–Trinajstić information content (AvgIpc) is 2.32. The Morgan fingerprint density at radius 2 is 2.00 bits per heavy atom. The van der Waals surface area contributed by atoms with Crippen LogP contribution in [0.1, 0.15) is 38.6 Å². The van der Waals surface area contributed by atoms with E-state index in [1.54, 1.807) is 0 Å². The van der Waals surface area contributed by atoms with E-state index in [0.717, 1.165) is 11.4 Å². The molecule has 0 spiro atoms. The van der Waals surface area contributed by atoms with Crippen LogP contribution in [0.3, 0.4) is 0 Å². The number of carbonyl (C=O) groups is 1. The summed E-state index contributed by atoms with van der Waals surface area (Å²) in [5.41, 5.74) is 1.45. The lowest BCUT2D eigenvalue weighted by Crippen LogP contribution is -2.18. The first kappa shape index (κ1) is 11.8. The zero-order valence-corrected chi connectivity index (χ0v) is 9.97. The minimum Gasteiger partial charge on any atom is -0.423 e. The van der Waals surface area contributed by atoms with Crippen LogP contribution in [-0.4, -0.2) is 16.2 Å². The number of H-pyrrole nitrogens is 1. The van der Waals surface area contributed by atoms with E-state index >= 15 is 0 Å². The van der Waals surface area contributed by atoms with Crippen molar-refractivity contribution in [2.24, 2.45) is 5.41 Å². The number of ether oxygens (including phenoxy) is 1. The summed E-state index contributed by atoms with van der Waals surface area (Å²) in [6.45, 7) is 9.65. The number of rotatable bonds is 2. The zero-order chi connectivity index (χ0) is 11.6. The van der Waals surface area contributed by atoms with Gasteiger partial charge < -0.3 is 4.74 Å². The van der Waals surface area contributed by atoms with Crippen LogP contribution in [0.25, 0.3) is 0 Å². The second-order valence-corrected chi connectivity index (χ2v) is 4.97. The summed E-state index contributed by atoms with van der Waals surface area (Å²) in [5.74, 6) is 0.347. The SMILES string of the molecule is Cc1n[nH]c(C)c1OC(=O)CC(C)(C)C. The molecule has 84 valence electrons. The first-order valence-corrected chi connectivity index (χ1v) is 5.02. The summed E-state index contributed by atoms with van der Waals surface area (Å²) in [6.07, 6.45) is 0.400. The van der Waals surface area contributed by atoms with E-state index in [1.807, 2.05) is 34.6 Å². The highest BCUT2D eigenvalue weighted by Crippen LogP contribution is 2.23. The number of carbonyl (C=O) groups excluding carboxylic acids is 1. The highest BCUT2D eigenvalue weighted by Gasteiger charge is 2.19. The molecule has 1 rings (SSSR count). The van der Waals surface area contributed by atoms with Gasteiger partial charge in [0, 0.05) is 0 Å². The third-order valence-corrected chi connectivity index (χ3v) is 1.95. The predicted molar refractivity (Wildman–Crippen MR) is 57.8 cm³/mol. The molecule has 0 saturated heterocycles. The lowest BCUT2D eigenvalue weighted by Gasteiger charge is -2.16. The molecule has 0 unspecified atom stereocenters. The van der Waals surface area contributed by atoms with Gasteiger partial charge >= 0.3 is 5.97 Å². The Kier molecular flexibility index (Phi) is 3.17. The quantitative estimate of drug-likeness (QED) is 0.762. The molecule has 0 fully saturated rings. The van der Waals surface area contributed by atoms with Gasteiger partial charge in [0.2, 0.25) is 0 Å². The number of nitrogens with one attached hydrogen (secondary N) is 1. The Balaban J connectivity index is 2.67. The Morgan fingerprint density at radius 3 is 2.40 bits per heavy atom. The number of aryl methyl sites for hydroxylation is 2. The maximum Gasteiger partial charge on any atom is 0.311 e. The van der Waals surface area contributed by atoms with Crippen LogP contribution in [0.15, 0.2) is 0 Å².